The Morgan fingerprint density at radius 1 is 0.482 bits per heavy atom. The first-order valence-electron chi connectivity index (χ1n) is 26.7. The van der Waals surface area contributed by atoms with E-state index in [9.17, 15) is 67.7 Å². The Morgan fingerprint density at radius 2 is 0.880 bits per heavy atom. The number of aliphatic hydroxyl groups excluding tert-OH is 2. The van der Waals surface area contributed by atoms with Crippen LogP contribution in [0, 0.1) is 11.8 Å². The number of carbonyl (C=O) groups is 12. The summed E-state index contributed by atoms with van der Waals surface area (Å²) in [6.45, 7) is 4.11. The van der Waals surface area contributed by atoms with E-state index in [4.69, 9.17) is 45.9 Å². The fraction of sp³-hybridized carbons (Fsp3) is 0.600. The average Bonchev–Trinajstić information content (AvgIpc) is 3.41. The molecule has 0 spiro atoms. The summed E-state index contributed by atoms with van der Waals surface area (Å²) < 4.78 is 0. The van der Waals surface area contributed by atoms with Gasteiger partial charge >= 0.3 is 0 Å². The highest BCUT2D eigenvalue weighted by Crippen LogP contribution is 2.11. The number of nitrogens with zero attached hydrogens (tertiary/aromatic N) is 2. The smallest absolute Gasteiger partial charge is 0.245 e. The van der Waals surface area contributed by atoms with Gasteiger partial charge in [-0.15, -0.1) is 0 Å². The van der Waals surface area contributed by atoms with E-state index in [1.165, 1.54) is 0 Å². The number of hydrogen-bond acceptors (Lipinski definition) is 17. The number of benzene rings is 1. The molecule has 0 fully saturated rings. The molecule has 1 aromatic carbocycles. The molecule has 0 aliphatic rings. The van der Waals surface area contributed by atoms with Crippen molar-refractivity contribution in [1.29, 1.82) is 0 Å². The minimum absolute atomic E-state index is 0.0105. The molecule has 33 heteroatoms. The quantitative estimate of drug-likeness (QED) is 0.0165. The van der Waals surface area contributed by atoms with Crippen molar-refractivity contribution in [2.75, 3.05) is 32.8 Å². The van der Waals surface area contributed by atoms with Crippen LogP contribution in [-0.2, 0) is 64.0 Å². The Labute approximate surface area is 479 Å². The largest absolute Gasteiger partial charge is 0.394 e. The van der Waals surface area contributed by atoms with E-state index in [0.29, 0.717) is 5.56 Å². The van der Waals surface area contributed by atoms with Crippen molar-refractivity contribution in [2.24, 2.45) is 67.7 Å². The van der Waals surface area contributed by atoms with Gasteiger partial charge in [0.25, 0.3) is 0 Å². The van der Waals surface area contributed by atoms with E-state index in [1.54, 1.807) is 44.2 Å². The van der Waals surface area contributed by atoms with E-state index < -0.39 is 177 Å². The molecule has 0 aliphatic heterocycles. The van der Waals surface area contributed by atoms with Crippen LogP contribution in [-0.4, -0.2) is 180 Å². The number of carbonyl (C=O) groups excluding carboxylic acids is 12. The van der Waals surface area contributed by atoms with Gasteiger partial charge in [0.2, 0.25) is 70.9 Å². The molecule has 83 heavy (non-hydrogen) atoms. The number of primary amides is 3. The summed E-state index contributed by atoms with van der Waals surface area (Å²) >= 11 is 0. The molecule has 0 radical (unpaired) electrons. The number of amides is 12. The molecule has 464 valence electrons. The molecule has 1 rings (SSSR count). The van der Waals surface area contributed by atoms with Crippen LogP contribution >= 0.6 is 0 Å². The van der Waals surface area contributed by atoms with E-state index in [2.05, 4.69) is 57.8 Å². The molecule has 27 N–H and O–H groups in total. The molecule has 0 saturated heterocycles. The predicted molar refractivity (Wildman–Crippen MR) is 301 cm³/mol. The van der Waals surface area contributed by atoms with Gasteiger partial charge in [0.05, 0.1) is 25.8 Å². The van der Waals surface area contributed by atoms with Gasteiger partial charge in [-0.05, 0) is 62.3 Å². The zero-order chi connectivity index (χ0) is 62.9. The van der Waals surface area contributed by atoms with E-state index in [1.807, 2.05) is 13.8 Å². The SMILES string of the molecule is CC(C)C[C@H](N)C(=O)N[C@@H](CCCN=C(N)N)C(=O)N[C@@H](CCC(N)=O)C(=O)N[C@@H](CO)C(=O)N[C@@H](CCC(N)=O)C(=O)N[C@@H](Cc1ccccc1)C(=O)N[C@H](C(=O)NCC(=O)N[C@@H](CO)C(=O)N[C@@H](CCCN=C(N)N)C(N)=O)C(C)C. The monoisotopic (exact) mass is 1180 g/mol. The molecular formula is C50H85N19O14. The van der Waals surface area contributed by atoms with Crippen LogP contribution in [0.2, 0.25) is 0 Å². The maximum atomic E-state index is 14.2. The van der Waals surface area contributed by atoms with Crippen LogP contribution in [0.1, 0.15) is 91.0 Å². The Balaban J connectivity index is 3.39. The molecule has 0 saturated carbocycles. The second-order valence-corrected chi connectivity index (χ2v) is 20.0. The first-order valence-corrected chi connectivity index (χ1v) is 26.7. The average molecular weight is 1180 g/mol. The first kappa shape index (κ1) is 72.3. The highest BCUT2D eigenvalue weighted by Gasteiger charge is 2.35. The predicted octanol–water partition coefficient (Wildman–Crippen LogP) is -8.64. The topological polar surface area (TPSA) is 586 Å². The lowest BCUT2D eigenvalue weighted by Crippen LogP contribution is -2.61. The maximum Gasteiger partial charge on any atom is 0.245 e. The van der Waals surface area contributed by atoms with Crippen LogP contribution in [0.25, 0.3) is 0 Å². The molecule has 0 aliphatic carbocycles. The number of aliphatic imine (C=N–C) groups is 2. The summed E-state index contributed by atoms with van der Waals surface area (Å²) in [5.74, 6) is -12.6. The summed E-state index contributed by atoms with van der Waals surface area (Å²) in [7, 11) is 0. The van der Waals surface area contributed by atoms with Crippen molar-refractivity contribution in [1.82, 2.24) is 47.9 Å². The Morgan fingerprint density at radius 3 is 1.31 bits per heavy atom. The van der Waals surface area contributed by atoms with Gasteiger partial charge in [-0.1, -0.05) is 58.0 Å². The van der Waals surface area contributed by atoms with Crippen molar-refractivity contribution >= 4 is 82.8 Å². The molecule has 1 aromatic rings. The lowest BCUT2D eigenvalue weighted by molar-refractivity contribution is -0.136. The lowest BCUT2D eigenvalue weighted by atomic mass is 10.0. The minimum atomic E-state index is -1.88. The number of hydrogen-bond donors (Lipinski definition) is 19. The van der Waals surface area contributed by atoms with Crippen LogP contribution in [0.15, 0.2) is 40.3 Å². The number of aliphatic hydroxyl groups is 2. The first-order chi connectivity index (χ1) is 39.0. The minimum Gasteiger partial charge on any atom is -0.394 e. The number of nitrogens with one attached hydrogen (secondary N) is 9. The number of nitrogens with two attached hydrogens (primary N) is 8. The molecular weight excluding hydrogens is 1090 g/mol. The van der Waals surface area contributed by atoms with Gasteiger partial charge < -0.3 is 104 Å². The third kappa shape index (κ3) is 29.5. The standard InChI is InChI=1S/C50H85N19O14/c1-25(2)20-28(51)41(76)64-30(13-9-19-60-50(57)58)42(77)65-32(15-17-37(53)73)44(79)68-35(24-71)47(82)66-31(14-16-36(52)72)43(78)67-33(21-27-10-6-5-7-11-27)45(80)69-39(26(3)4)48(83)61-22-38(74)62-34(23-70)46(81)63-29(40(54)75)12-8-18-59-49(55)56/h5-7,10-11,25-26,28-35,39,70-71H,8-9,12-24,51H2,1-4H3,(H2,52,72)(H2,53,73)(H2,54,75)(H,61,83)(H,62,74)(H,63,81)(H,64,76)(H,65,77)(H,66,82)(H,67,78)(H,68,79)(H,69,80)(H4,55,56,59)(H4,57,58,60)/t28-,29-,30-,31-,32-,33-,34-,35-,39-/m0/s1. The van der Waals surface area contributed by atoms with Gasteiger partial charge in [-0.2, -0.15) is 0 Å². The molecule has 12 amide bonds. The van der Waals surface area contributed by atoms with Crippen LogP contribution in [0.4, 0.5) is 0 Å². The second kappa shape index (κ2) is 38.1. The van der Waals surface area contributed by atoms with Gasteiger partial charge in [0.15, 0.2) is 11.9 Å². The zero-order valence-corrected chi connectivity index (χ0v) is 47.2. The van der Waals surface area contributed by atoms with Gasteiger partial charge in [-0.25, -0.2) is 0 Å². The summed E-state index contributed by atoms with van der Waals surface area (Å²) in [4.78, 5) is 166. The van der Waals surface area contributed by atoms with E-state index in [-0.39, 0.29) is 69.5 Å². The normalized spacial score (nSPS) is 14.2. The fourth-order valence-electron chi connectivity index (χ4n) is 7.69. The van der Waals surface area contributed by atoms with Crippen molar-refractivity contribution in [2.45, 2.75) is 146 Å². The lowest BCUT2D eigenvalue weighted by Gasteiger charge is -2.28. The Bertz CT molecular complexity index is 2420. The summed E-state index contributed by atoms with van der Waals surface area (Å²) in [5.41, 5.74) is 44.1. The van der Waals surface area contributed by atoms with Gasteiger partial charge in [0, 0.05) is 32.4 Å². The third-order valence-corrected chi connectivity index (χ3v) is 12.1. The summed E-state index contributed by atoms with van der Waals surface area (Å²) in [6, 6.07) is -5.06. The van der Waals surface area contributed by atoms with Gasteiger partial charge in [0.1, 0.15) is 48.3 Å². The number of guanidine groups is 2. The Hall–Kier alpha value is -8.72. The van der Waals surface area contributed by atoms with Crippen molar-refractivity contribution in [3.05, 3.63) is 35.9 Å². The van der Waals surface area contributed by atoms with Crippen LogP contribution < -0.4 is 93.7 Å². The molecule has 33 nitrogen and oxygen atoms in total. The summed E-state index contributed by atoms with van der Waals surface area (Å²) in [5, 5.41) is 41.8. The van der Waals surface area contributed by atoms with E-state index >= 15 is 0 Å². The summed E-state index contributed by atoms with van der Waals surface area (Å²) in [6.07, 6.45) is -1.52. The third-order valence-electron chi connectivity index (χ3n) is 12.1. The Kier molecular flexibility index (Phi) is 33.2. The maximum absolute atomic E-state index is 14.2. The fourth-order valence-corrected chi connectivity index (χ4v) is 7.69. The molecule has 9 atom stereocenters. The molecule has 0 bridgehead atoms. The van der Waals surface area contributed by atoms with Crippen molar-refractivity contribution < 1.29 is 67.7 Å². The molecule has 0 unspecified atom stereocenters. The molecule has 0 aromatic heterocycles. The highest BCUT2D eigenvalue weighted by atomic mass is 16.3. The van der Waals surface area contributed by atoms with Crippen LogP contribution in [0.5, 0.6) is 0 Å². The van der Waals surface area contributed by atoms with E-state index in [0.717, 1.165) is 0 Å². The molecule has 0 heterocycles. The zero-order valence-electron chi connectivity index (χ0n) is 47.2. The highest BCUT2D eigenvalue weighted by molar-refractivity contribution is 5.98. The van der Waals surface area contributed by atoms with Gasteiger partial charge in [-0.3, -0.25) is 67.5 Å². The van der Waals surface area contributed by atoms with Crippen molar-refractivity contribution in [3.8, 4) is 0 Å². The number of rotatable bonds is 40. The van der Waals surface area contributed by atoms with Crippen LogP contribution in [0.3, 0.4) is 0 Å². The van der Waals surface area contributed by atoms with Crippen molar-refractivity contribution in [3.63, 3.8) is 0 Å². The second-order valence-electron chi connectivity index (χ2n) is 20.0.